The SMILES string of the molecule is CCCCCCCC(=O)[O-].CCCCCCCC(=O)[O-].CCCCCCCC(=O)[O-].CCCCCCCC(=O)[O-].CCCCCCCC(=O)[O-].CCCCCCCC(=O)[O-].[Bi+3].[Bi+3]. The summed E-state index contributed by atoms with van der Waals surface area (Å²) in [7, 11) is 0. The van der Waals surface area contributed by atoms with E-state index >= 15 is 0 Å². The quantitative estimate of drug-likeness (QED) is 0.0533. The van der Waals surface area contributed by atoms with Crippen LogP contribution in [0.5, 0.6) is 0 Å². The second kappa shape index (κ2) is 74.0. The van der Waals surface area contributed by atoms with Crippen LogP contribution in [0.2, 0.25) is 0 Å². The number of rotatable bonds is 36. The number of hydrogen-bond donors (Lipinski definition) is 0. The molecule has 14 heteroatoms. The standard InChI is InChI=1S/6C8H16O2.2Bi/c6*1-2-3-4-5-6-7-8(9)10;;/h6*2-7H2,1H3,(H,9,10);;/q;;;;;;2*+3/p-6. The molecule has 12 nitrogen and oxygen atoms in total. The third-order valence-electron chi connectivity index (χ3n) is 8.91. The zero-order valence-electron chi connectivity index (χ0n) is 40.2. The molecule has 62 heavy (non-hydrogen) atoms. The first-order chi connectivity index (χ1) is 28.6. The van der Waals surface area contributed by atoms with Gasteiger partial charge in [-0.25, -0.2) is 0 Å². The average Bonchev–Trinajstić information content (AvgIpc) is 3.18. The van der Waals surface area contributed by atoms with Crippen molar-refractivity contribution < 1.29 is 59.4 Å². The van der Waals surface area contributed by atoms with Crippen LogP contribution >= 0.6 is 0 Å². The largest absolute Gasteiger partial charge is 3.00 e. The van der Waals surface area contributed by atoms with Crippen LogP contribution in [0.1, 0.15) is 273 Å². The molecule has 0 bridgehead atoms. The molecule has 0 aliphatic rings. The third-order valence-corrected chi connectivity index (χ3v) is 8.91. The van der Waals surface area contributed by atoms with Crippen molar-refractivity contribution in [2.45, 2.75) is 273 Å². The van der Waals surface area contributed by atoms with E-state index in [0.29, 0.717) is 0 Å². The maximum absolute atomic E-state index is 9.92. The maximum Gasteiger partial charge on any atom is 3.00 e. The van der Waals surface area contributed by atoms with E-state index in [4.69, 9.17) is 0 Å². The van der Waals surface area contributed by atoms with Crippen LogP contribution in [0.3, 0.4) is 0 Å². The van der Waals surface area contributed by atoms with Gasteiger partial charge in [-0.1, -0.05) is 196 Å². The fourth-order valence-electron chi connectivity index (χ4n) is 5.24. The molecular formula is C48H90Bi2O12. The van der Waals surface area contributed by atoms with Gasteiger partial charge in [0.15, 0.2) is 0 Å². The number of carboxylic acid groups (broad SMARTS) is 6. The van der Waals surface area contributed by atoms with Gasteiger partial charge in [0.1, 0.15) is 0 Å². The van der Waals surface area contributed by atoms with Crippen LogP contribution in [0.25, 0.3) is 0 Å². The number of carbonyl (C=O) groups is 6. The molecule has 0 saturated heterocycles. The fourth-order valence-corrected chi connectivity index (χ4v) is 5.24. The van der Waals surface area contributed by atoms with Gasteiger partial charge in [0, 0.05) is 35.8 Å². The summed E-state index contributed by atoms with van der Waals surface area (Å²) in [4.78, 5) is 59.5. The summed E-state index contributed by atoms with van der Waals surface area (Å²) in [6, 6.07) is 0. The van der Waals surface area contributed by atoms with Crippen LogP contribution in [0.15, 0.2) is 0 Å². The minimum atomic E-state index is -0.920. The van der Waals surface area contributed by atoms with Crippen molar-refractivity contribution in [1.29, 1.82) is 0 Å². The summed E-state index contributed by atoms with van der Waals surface area (Å²) in [6.45, 7) is 12.8. The van der Waals surface area contributed by atoms with E-state index in [2.05, 4.69) is 41.5 Å². The summed E-state index contributed by atoms with van der Waals surface area (Å²) in [5.41, 5.74) is 0. The zero-order chi connectivity index (χ0) is 46.9. The van der Waals surface area contributed by atoms with Crippen molar-refractivity contribution in [2.24, 2.45) is 0 Å². The maximum atomic E-state index is 9.92. The van der Waals surface area contributed by atoms with Crippen molar-refractivity contribution >= 4 is 88.2 Å². The van der Waals surface area contributed by atoms with Gasteiger partial charge < -0.3 is 59.4 Å². The predicted molar refractivity (Wildman–Crippen MR) is 242 cm³/mol. The van der Waals surface area contributed by atoms with Crippen molar-refractivity contribution in [3.8, 4) is 0 Å². The summed E-state index contributed by atoms with van der Waals surface area (Å²) in [5.74, 6) is -5.52. The Morgan fingerprint density at radius 1 is 0.210 bits per heavy atom. The molecule has 0 rings (SSSR count). The van der Waals surface area contributed by atoms with E-state index in [-0.39, 0.29) is 90.9 Å². The van der Waals surface area contributed by atoms with Crippen LogP contribution in [0, 0.1) is 0 Å². The summed E-state index contributed by atoms with van der Waals surface area (Å²) in [5, 5.41) is 59.5. The minimum absolute atomic E-state index is 0. The Bertz CT molecular complexity index is 734. The molecular weight excluding hydrogens is 1190 g/mol. The molecule has 0 aromatic heterocycles. The molecule has 0 fully saturated rings. The van der Waals surface area contributed by atoms with Gasteiger partial charge >= 0.3 is 52.4 Å². The Hall–Kier alpha value is -1.41. The topological polar surface area (TPSA) is 241 Å². The molecule has 4 radical (unpaired) electrons. The van der Waals surface area contributed by atoms with Crippen LogP contribution in [0.4, 0.5) is 0 Å². The number of hydrogen-bond acceptors (Lipinski definition) is 12. The van der Waals surface area contributed by atoms with E-state index in [1.54, 1.807) is 0 Å². The molecule has 0 aromatic carbocycles. The smallest absolute Gasteiger partial charge is 0.550 e. The normalized spacial score (nSPS) is 9.39. The molecule has 0 aromatic rings. The van der Waals surface area contributed by atoms with Gasteiger partial charge in [-0.05, 0) is 77.0 Å². The van der Waals surface area contributed by atoms with Gasteiger partial charge in [-0.3, -0.25) is 0 Å². The number of unbranched alkanes of at least 4 members (excludes halogenated alkanes) is 24. The summed E-state index contributed by atoms with van der Waals surface area (Å²) in [6.07, 6.45) is 33.6. The fraction of sp³-hybridized carbons (Fsp3) is 0.875. The van der Waals surface area contributed by atoms with Crippen LogP contribution in [-0.2, 0) is 28.8 Å². The van der Waals surface area contributed by atoms with Crippen molar-refractivity contribution in [3.63, 3.8) is 0 Å². The Kier molecular flexibility index (Phi) is 92.8. The molecule has 0 heterocycles. The molecule has 0 spiro atoms. The molecule has 0 amide bonds. The van der Waals surface area contributed by atoms with Crippen molar-refractivity contribution in [1.82, 2.24) is 0 Å². The van der Waals surface area contributed by atoms with Gasteiger partial charge in [0.05, 0.1) is 0 Å². The van der Waals surface area contributed by atoms with Gasteiger partial charge in [-0.2, -0.15) is 0 Å². The second-order valence-electron chi connectivity index (χ2n) is 15.2. The average molecular weight is 1280 g/mol. The molecule has 364 valence electrons. The zero-order valence-corrected chi connectivity index (χ0v) is 47.2. The van der Waals surface area contributed by atoms with Crippen LogP contribution in [-0.4, -0.2) is 88.2 Å². The van der Waals surface area contributed by atoms with E-state index in [1.165, 1.54) is 77.0 Å². The van der Waals surface area contributed by atoms with Crippen molar-refractivity contribution in [2.75, 3.05) is 0 Å². The number of carbonyl (C=O) groups excluding carboxylic acids is 6. The van der Waals surface area contributed by atoms with Crippen molar-refractivity contribution in [3.05, 3.63) is 0 Å². The van der Waals surface area contributed by atoms with E-state index in [1.807, 2.05) is 0 Å². The Labute approximate surface area is 417 Å². The first-order valence-electron chi connectivity index (χ1n) is 23.8. The first-order valence-corrected chi connectivity index (χ1v) is 23.8. The van der Waals surface area contributed by atoms with E-state index in [0.717, 1.165) is 116 Å². The van der Waals surface area contributed by atoms with E-state index in [9.17, 15) is 59.4 Å². The van der Waals surface area contributed by atoms with E-state index < -0.39 is 35.8 Å². The van der Waals surface area contributed by atoms with Crippen LogP contribution < -0.4 is 30.6 Å². The molecule has 0 unspecified atom stereocenters. The number of carboxylic acids is 6. The Morgan fingerprint density at radius 2 is 0.306 bits per heavy atom. The first kappa shape index (κ1) is 77.8. The molecule has 0 N–H and O–H groups in total. The molecule has 0 aliphatic heterocycles. The molecule has 0 saturated carbocycles. The molecule has 0 aliphatic carbocycles. The van der Waals surface area contributed by atoms with Gasteiger partial charge in [0.25, 0.3) is 0 Å². The second-order valence-corrected chi connectivity index (χ2v) is 15.2. The Balaban J connectivity index is -0.0000000935. The summed E-state index contributed by atoms with van der Waals surface area (Å²) >= 11 is 0. The molecule has 0 atom stereocenters. The predicted octanol–water partition coefficient (Wildman–Crippen LogP) is 5.82. The minimum Gasteiger partial charge on any atom is -0.550 e. The summed E-state index contributed by atoms with van der Waals surface area (Å²) < 4.78 is 0. The monoisotopic (exact) mass is 1280 g/mol. The third kappa shape index (κ3) is 118. The number of aliphatic carboxylic acids is 6. The van der Waals surface area contributed by atoms with Gasteiger partial charge in [-0.15, -0.1) is 0 Å². The van der Waals surface area contributed by atoms with Gasteiger partial charge in [0.2, 0.25) is 0 Å². The Morgan fingerprint density at radius 3 is 0.387 bits per heavy atom.